The molecule has 0 aliphatic rings. The van der Waals surface area contributed by atoms with Crippen LogP contribution in [0.1, 0.15) is 0 Å². The van der Waals surface area contributed by atoms with Gasteiger partial charge in [-0.25, -0.2) is 0 Å². The molecule has 0 aliphatic heterocycles. The zero-order valence-corrected chi connectivity index (χ0v) is 21.1. The summed E-state index contributed by atoms with van der Waals surface area (Å²) in [6, 6.07) is 36.7. The predicted molar refractivity (Wildman–Crippen MR) is 143 cm³/mol. The quantitative estimate of drug-likeness (QED) is 0.216. The summed E-state index contributed by atoms with van der Waals surface area (Å²) in [6.45, 7) is 0.916. The van der Waals surface area contributed by atoms with Gasteiger partial charge in [0, 0.05) is 21.2 Å². The first-order chi connectivity index (χ1) is 16.8. The number of ether oxygens (including phenoxy) is 2. The Kier molecular flexibility index (Phi) is 9.07. The molecule has 34 heavy (non-hydrogen) atoms. The molecular formula is C28H28O4P2. The zero-order chi connectivity index (χ0) is 23.6. The molecule has 0 aromatic heterocycles. The van der Waals surface area contributed by atoms with Crippen LogP contribution >= 0.6 is 16.3 Å². The smallest absolute Gasteiger partial charge is 0.129 e. The summed E-state index contributed by atoms with van der Waals surface area (Å²) in [5.41, 5.74) is 0. The second-order valence-corrected chi connectivity index (χ2v) is 11.0. The van der Waals surface area contributed by atoms with Gasteiger partial charge in [-0.15, -0.1) is 0 Å². The van der Waals surface area contributed by atoms with E-state index >= 15 is 0 Å². The third-order valence-corrected chi connectivity index (χ3v) is 9.14. The highest BCUT2D eigenvalue weighted by Gasteiger charge is 2.22. The maximum atomic E-state index is 6.47. The number of hydrogen-bond donors (Lipinski definition) is 0. The third kappa shape index (κ3) is 6.03. The Bertz CT molecular complexity index is 1060. The summed E-state index contributed by atoms with van der Waals surface area (Å²) < 4.78 is 24.2. The fourth-order valence-corrected chi connectivity index (χ4v) is 7.25. The average molecular weight is 490 g/mol. The predicted octanol–water partition coefficient (Wildman–Crippen LogP) is 5.13. The molecule has 174 valence electrons. The van der Waals surface area contributed by atoms with E-state index in [2.05, 4.69) is 36.4 Å². The minimum atomic E-state index is -1.05. The van der Waals surface area contributed by atoms with Gasteiger partial charge in [-0.3, -0.25) is 0 Å². The van der Waals surface area contributed by atoms with Crippen LogP contribution in [-0.2, 0) is 9.05 Å². The van der Waals surface area contributed by atoms with Gasteiger partial charge >= 0.3 is 0 Å². The van der Waals surface area contributed by atoms with Gasteiger partial charge in [0.25, 0.3) is 0 Å². The van der Waals surface area contributed by atoms with Crippen LogP contribution < -0.4 is 30.7 Å². The highest BCUT2D eigenvalue weighted by atomic mass is 31.1. The molecule has 2 unspecified atom stereocenters. The SMILES string of the molecule is COc1ccccc1P(OCCOP(c1ccccc1)c1ccccc1OC)c1ccccc1. The standard InChI is InChI=1S/C28H28O4P2/c1-29-25-17-9-11-19-27(25)33(23-13-5-3-6-14-23)31-21-22-32-34(24-15-7-4-8-16-24)28-20-12-10-18-26(28)30-2/h3-20H,21-22H2,1-2H3. The van der Waals surface area contributed by atoms with Gasteiger partial charge in [-0.2, -0.15) is 0 Å². The molecule has 0 saturated carbocycles. The fraction of sp³-hybridized carbons (Fsp3) is 0.143. The first-order valence-corrected chi connectivity index (χ1v) is 13.6. The molecule has 6 heteroatoms. The van der Waals surface area contributed by atoms with Crippen molar-refractivity contribution in [2.24, 2.45) is 0 Å². The highest BCUT2D eigenvalue weighted by molar-refractivity contribution is 7.69. The summed E-state index contributed by atoms with van der Waals surface area (Å²) in [4.78, 5) is 0. The van der Waals surface area contributed by atoms with E-state index in [0.29, 0.717) is 13.2 Å². The van der Waals surface area contributed by atoms with E-state index in [9.17, 15) is 0 Å². The Labute approximate surface area is 204 Å². The third-order valence-electron chi connectivity index (χ3n) is 5.11. The van der Waals surface area contributed by atoms with Gasteiger partial charge in [0.2, 0.25) is 0 Å². The maximum Gasteiger partial charge on any atom is 0.129 e. The van der Waals surface area contributed by atoms with E-state index in [1.807, 2.05) is 72.8 Å². The van der Waals surface area contributed by atoms with E-state index in [4.69, 9.17) is 18.5 Å². The molecule has 0 spiro atoms. The van der Waals surface area contributed by atoms with Crippen LogP contribution in [0, 0.1) is 0 Å². The molecule has 4 nitrogen and oxygen atoms in total. The highest BCUT2D eigenvalue weighted by Crippen LogP contribution is 2.40. The van der Waals surface area contributed by atoms with Crippen LogP contribution in [0.4, 0.5) is 0 Å². The van der Waals surface area contributed by atoms with Crippen molar-refractivity contribution in [2.75, 3.05) is 27.4 Å². The Morgan fingerprint density at radius 1 is 0.471 bits per heavy atom. The lowest BCUT2D eigenvalue weighted by atomic mass is 10.3. The maximum absolute atomic E-state index is 6.47. The minimum absolute atomic E-state index is 0.458. The van der Waals surface area contributed by atoms with Crippen LogP contribution in [0.25, 0.3) is 0 Å². The molecule has 0 N–H and O–H groups in total. The van der Waals surface area contributed by atoms with E-state index in [-0.39, 0.29) is 0 Å². The van der Waals surface area contributed by atoms with Crippen molar-refractivity contribution in [3.05, 3.63) is 109 Å². The molecule has 2 atom stereocenters. The van der Waals surface area contributed by atoms with Gasteiger partial charge in [-0.1, -0.05) is 84.9 Å². The van der Waals surface area contributed by atoms with Crippen molar-refractivity contribution in [1.29, 1.82) is 0 Å². The second-order valence-electron chi connectivity index (χ2n) is 7.27. The lowest BCUT2D eigenvalue weighted by molar-refractivity contribution is 0.253. The molecule has 4 rings (SSSR count). The Morgan fingerprint density at radius 3 is 1.21 bits per heavy atom. The van der Waals surface area contributed by atoms with E-state index in [1.165, 1.54) is 0 Å². The second kappa shape index (κ2) is 12.6. The molecule has 0 fully saturated rings. The molecule has 4 aromatic rings. The molecule has 0 radical (unpaired) electrons. The van der Waals surface area contributed by atoms with Crippen LogP contribution in [0.2, 0.25) is 0 Å². The van der Waals surface area contributed by atoms with Crippen molar-refractivity contribution in [2.45, 2.75) is 0 Å². The first-order valence-electron chi connectivity index (χ1n) is 11.0. The molecule has 0 bridgehead atoms. The van der Waals surface area contributed by atoms with Crippen molar-refractivity contribution in [1.82, 2.24) is 0 Å². The van der Waals surface area contributed by atoms with Crippen molar-refractivity contribution >= 4 is 37.5 Å². The molecule has 0 aliphatic carbocycles. The summed E-state index contributed by atoms with van der Waals surface area (Å²) in [6.07, 6.45) is 0. The van der Waals surface area contributed by atoms with Gasteiger partial charge in [0.1, 0.15) is 11.5 Å². The Balaban J connectivity index is 1.52. The zero-order valence-electron chi connectivity index (χ0n) is 19.3. The van der Waals surface area contributed by atoms with E-state index in [1.54, 1.807) is 14.2 Å². The van der Waals surface area contributed by atoms with Crippen LogP contribution in [-0.4, -0.2) is 27.4 Å². The van der Waals surface area contributed by atoms with Crippen LogP contribution in [0.5, 0.6) is 11.5 Å². The normalized spacial score (nSPS) is 12.6. The molecular weight excluding hydrogens is 462 g/mol. The van der Waals surface area contributed by atoms with Crippen molar-refractivity contribution in [3.8, 4) is 11.5 Å². The monoisotopic (exact) mass is 490 g/mol. The van der Waals surface area contributed by atoms with Gasteiger partial charge in [0.15, 0.2) is 0 Å². The summed E-state index contributed by atoms with van der Waals surface area (Å²) in [5.74, 6) is 1.66. The first kappa shape index (κ1) is 24.4. The number of para-hydroxylation sites is 2. The van der Waals surface area contributed by atoms with E-state index < -0.39 is 16.3 Å². The summed E-state index contributed by atoms with van der Waals surface area (Å²) in [5, 5.41) is 4.39. The topological polar surface area (TPSA) is 36.9 Å². The van der Waals surface area contributed by atoms with Gasteiger partial charge in [0.05, 0.1) is 43.7 Å². The number of methoxy groups -OCH3 is 2. The van der Waals surface area contributed by atoms with E-state index in [0.717, 1.165) is 32.7 Å². The van der Waals surface area contributed by atoms with Crippen LogP contribution in [0.3, 0.4) is 0 Å². The molecule has 4 aromatic carbocycles. The van der Waals surface area contributed by atoms with Crippen molar-refractivity contribution < 1.29 is 18.5 Å². The van der Waals surface area contributed by atoms with Crippen LogP contribution in [0.15, 0.2) is 109 Å². The fourth-order valence-electron chi connectivity index (χ4n) is 3.55. The number of benzene rings is 4. The molecule has 0 amide bonds. The van der Waals surface area contributed by atoms with Gasteiger partial charge in [-0.05, 0) is 24.3 Å². The average Bonchev–Trinajstić information content (AvgIpc) is 2.92. The van der Waals surface area contributed by atoms with Crippen molar-refractivity contribution in [3.63, 3.8) is 0 Å². The largest absolute Gasteiger partial charge is 0.496 e. The van der Waals surface area contributed by atoms with Gasteiger partial charge < -0.3 is 18.5 Å². The molecule has 0 saturated heterocycles. The lowest BCUT2D eigenvalue weighted by Crippen LogP contribution is -2.19. The lowest BCUT2D eigenvalue weighted by Gasteiger charge is -2.23. The number of rotatable bonds is 11. The molecule has 0 heterocycles. The summed E-state index contributed by atoms with van der Waals surface area (Å²) in [7, 11) is 1.29. The summed E-state index contributed by atoms with van der Waals surface area (Å²) >= 11 is 0. The Morgan fingerprint density at radius 2 is 0.824 bits per heavy atom. The Hall–Kier alpha value is -2.74. The minimum Gasteiger partial charge on any atom is -0.496 e. The number of hydrogen-bond acceptors (Lipinski definition) is 4.